The van der Waals surface area contributed by atoms with Crippen LogP contribution < -0.4 is 4.73 Å². The van der Waals surface area contributed by atoms with E-state index in [0.29, 0.717) is 24.1 Å². The van der Waals surface area contributed by atoms with Crippen molar-refractivity contribution < 1.29 is 9.12 Å². The molecule has 3 nitrogen and oxygen atoms in total. The van der Waals surface area contributed by atoms with Crippen molar-refractivity contribution in [3.8, 4) is 0 Å². The van der Waals surface area contributed by atoms with Gasteiger partial charge in [0.2, 0.25) is 0 Å². The quantitative estimate of drug-likeness (QED) is 0.341. The third-order valence-corrected chi connectivity index (χ3v) is 2.49. The Morgan fingerprint density at radius 1 is 1.38 bits per heavy atom. The molecular weight excluding hydrogens is 171 g/mol. The summed E-state index contributed by atoms with van der Waals surface area (Å²) < 4.78 is 14.0. The third kappa shape index (κ3) is 1.26. The Labute approximate surface area is 75.8 Å². The van der Waals surface area contributed by atoms with Gasteiger partial charge in [0.1, 0.15) is 5.69 Å². The Kier molecular flexibility index (Phi) is 1.90. The molecule has 4 heteroatoms. The second-order valence-corrected chi connectivity index (χ2v) is 3.38. The third-order valence-electron chi connectivity index (χ3n) is 2.49. The van der Waals surface area contributed by atoms with Gasteiger partial charge in [-0.15, -0.1) is 0 Å². The van der Waals surface area contributed by atoms with E-state index in [0.717, 1.165) is 17.6 Å². The van der Waals surface area contributed by atoms with Crippen LogP contribution in [0.3, 0.4) is 0 Å². The zero-order valence-electron chi connectivity index (χ0n) is 7.51. The minimum Gasteiger partial charge on any atom is -0.711 e. The first-order valence-electron chi connectivity index (χ1n) is 4.47. The Balaban J connectivity index is 2.63. The molecule has 1 aromatic rings. The number of rotatable bonds is 0. The summed E-state index contributed by atoms with van der Waals surface area (Å²) in [6.07, 6.45) is 3.25. The Bertz CT molecular complexity index is 352. The molecule has 0 unspecified atom stereocenters. The topological polar surface area (TPSA) is 39.8 Å². The second-order valence-electron chi connectivity index (χ2n) is 3.38. The molecule has 0 atom stereocenters. The monoisotopic (exact) mass is 182 g/mol. The van der Waals surface area contributed by atoms with Crippen molar-refractivity contribution in [3.63, 3.8) is 0 Å². The summed E-state index contributed by atoms with van der Waals surface area (Å²) in [6, 6.07) is 0. The maximum atomic E-state index is 13.2. The molecule has 0 aliphatic heterocycles. The molecule has 0 radical (unpaired) electrons. The van der Waals surface area contributed by atoms with Crippen LogP contribution in [0.1, 0.15) is 29.9 Å². The minimum atomic E-state index is -0.459. The fraction of sp³-hybridized carbons (Fsp3) is 0.556. The van der Waals surface area contributed by atoms with Crippen LogP contribution in [0.15, 0.2) is 0 Å². The van der Waals surface area contributed by atoms with E-state index in [2.05, 4.69) is 4.98 Å². The lowest BCUT2D eigenvalue weighted by molar-refractivity contribution is -0.625. The maximum absolute atomic E-state index is 13.2. The van der Waals surface area contributed by atoms with Gasteiger partial charge < -0.3 is 5.21 Å². The Hall–Kier alpha value is -1.19. The fourth-order valence-electron chi connectivity index (χ4n) is 1.79. The summed E-state index contributed by atoms with van der Waals surface area (Å²) >= 11 is 0. The number of halogens is 1. The second kappa shape index (κ2) is 2.94. The van der Waals surface area contributed by atoms with Crippen LogP contribution in [0.4, 0.5) is 4.39 Å². The lowest BCUT2D eigenvalue weighted by atomic mass is 9.97. The molecular formula is C9H11FN2O. The molecule has 70 valence electrons. The van der Waals surface area contributed by atoms with Gasteiger partial charge in [0.05, 0.1) is 5.56 Å². The molecule has 0 N–H and O–H groups in total. The zero-order chi connectivity index (χ0) is 9.42. The average molecular weight is 182 g/mol. The molecule has 1 aromatic heterocycles. The van der Waals surface area contributed by atoms with Gasteiger partial charge in [0.25, 0.3) is 0 Å². The van der Waals surface area contributed by atoms with E-state index in [9.17, 15) is 9.60 Å². The minimum absolute atomic E-state index is 0.207. The van der Waals surface area contributed by atoms with Crippen LogP contribution >= 0.6 is 0 Å². The van der Waals surface area contributed by atoms with Crippen LogP contribution in [-0.4, -0.2) is 4.98 Å². The highest BCUT2D eigenvalue weighted by Gasteiger charge is 2.23. The van der Waals surface area contributed by atoms with Crippen molar-refractivity contribution in [1.82, 2.24) is 4.98 Å². The van der Waals surface area contributed by atoms with Crippen LogP contribution in [0.5, 0.6) is 0 Å². The fourth-order valence-corrected chi connectivity index (χ4v) is 1.79. The summed E-state index contributed by atoms with van der Waals surface area (Å²) in [5.74, 6) is -0.252. The molecule has 0 saturated heterocycles. The van der Waals surface area contributed by atoms with Gasteiger partial charge >= 0.3 is 11.8 Å². The van der Waals surface area contributed by atoms with E-state index >= 15 is 0 Å². The predicted molar refractivity (Wildman–Crippen MR) is 44.5 cm³/mol. The van der Waals surface area contributed by atoms with Crippen LogP contribution in [0.25, 0.3) is 0 Å². The first kappa shape index (κ1) is 8.41. The number of hydrogen-bond acceptors (Lipinski definition) is 2. The lowest BCUT2D eigenvalue weighted by Crippen LogP contribution is -2.40. The van der Waals surface area contributed by atoms with Gasteiger partial charge in [-0.3, -0.25) is 0 Å². The predicted octanol–water partition coefficient (Wildman–Crippen LogP) is 1.04. The van der Waals surface area contributed by atoms with Crippen molar-refractivity contribution in [2.24, 2.45) is 0 Å². The van der Waals surface area contributed by atoms with Crippen molar-refractivity contribution in [2.45, 2.75) is 32.6 Å². The molecule has 0 amide bonds. The summed E-state index contributed by atoms with van der Waals surface area (Å²) in [4.78, 5) is 3.57. The normalized spacial score (nSPS) is 15.5. The average Bonchev–Trinajstić information content (AvgIpc) is 2.15. The van der Waals surface area contributed by atoms with E-state index in [4.69, 9.17) is 0 Å². The van der Waals surface area contributed by atoms with E-state index in [1.807, 2.05) is 0 Å². The molecule has 0 aromatic carbocycles. The Morgan fingerprint density at radius 2 is 2.08 bits per heavy atom. The van der Waals surface area contributed by atoms with Crippen LogP contribution in [-0.2, 0) is 12.8 Å². The molecule has 0 saturated carbocycles. The van der Waals surface area contributed by atoms with Gasteiger partial charge in [-0.1, -0.05) is 0 Å². The first-order valence-corrected chi connectivity index (χ1v) is 4.47. The molecule has 0 bridgehead atoms. The molecule has 1 aliphatic rings. The van der Waals surface area contributed by atoms with Gasteiger partial charge in [-0.25, -0.2) is 4.73 Å². The van der Waals surface area contributed by atoms with Gasteiger partial charge in [0.15, 0.2) is 0 Å². The molecule has 0 fully saturated rings. The van der Waals surface area contributed by atoms with Crippen LogP contribution in [0.2, 0.25) is 0 Å². The molecule has 1 heterocycles. The van der Waals surface area contributed by atoms with Gasteiger partial charge in [-0.2, -0.15) is 4.39 Å². The van der Waals surface area contributed by atoms with Crippen molar-refractivity contribution >= 4 is 0 Å². The Morgan fingerprint density at radius 3 is 2.85 bits per heavy atom. The lowest BCUT2D eigenvalue weighted by Gasteiger charge is -2.17. The highest BCUT2D eigenvalue weighted by Crippen LogP contribution is 2.19. The van der Waals surface area contributed by atoms with Gasteiger partial charge in [0, 0.05) is 13.3 Å². The first-order chi connectivity index (χ1) is 6.20. The summed E-state index contributed by atoms with van der Waals surface area (Å²) in [5.41, 5.74) is 1.10. The zero-order valence-corrected chi connectivity index (χ0v) is 7.51. The summed E-state index contributed by atoms with van der Waals surface area (Å²) in [7, 11) is 0. The largest absolute Gasteiger partial charge is 0.711 e. The highest BCUT2D eigenvalue weighted by atomic mass is 19.1. The van der Waals surface area contributed by atoms with Crippen molar-refractivity contribution in [2.75, 3.05) is 0 Å². The SMILES string of the molecule is Cc1nc(F)c2c([n+]1[O-])CCCC2. The smallest absolute Gasteiger partial charge is 0.328 e. The number of fused-ring (bicyclic) bond motifs is 1. The van der Waals surface area contributed by atoms with Crippen molar-refractivity contribution in [1.29, 1.82) is 0 Å². The highest BCUT2D eigenvalue weighted by molar-refractivity contribution is 5.17. The summed E-state index contributed by atoms with van der Waals surface area (Å²) in [6.45, 7) is 1.53. The van der Waals surface area contributed by atoms with Gasteiger partial charge in [-0.05, 0) is 24.2 Å². The van der Waals surface area contributed by atoms with Crippen molar-refractivity contribution in [3.05, 3.63) is 28.2 Å². The molecule has 1 aliphatic carbocycles. The molecule has 13 heavy (non-hydrogen) atoms. The standard InChI is InChI=1S/C9H11FN2O/c1-6-11-9(10)7-4-2-3-5-8(7)12(6)13/h2-5H2,1H3. The van der Waals surface area contributed by atoms with E-state index in [1.54, 1.807) is 0 Å². The maximum Gasteiger partial charge on any atom is 0.328 e. The number of nitrogens with zero attached hydrogens (tertiary/aromatic N) is 2. The number of aromatic nitrogens is 2. The molecule has 0 spiro atoms. The molecule has 2 rings (SSSR count). The summed E-state index contributed by atoms with van der Waals surface area (Å²) in [5, 5.41) is 11.5. The van der Waals surface area contributed by atoms with E-state index in [1.165, 1.54) is 6.92 Å². The van der Waals surface area contributed by atoms with E-state index < -0.39 is 5.95 Å². The van der Waals surface area contributed by atoms with E-state index in [-0.39, 0.29) is 5.82 Å². The van der Waals surface area contributed by atoms with Crippen LogP contribution in [0, 0.1) is 18.1 Å². The number of hydrogen-bond donors (Lipinski definition) is 0. The number of aryl methyl sites for hydroxylation is 1.